The highest BCUT2D eigenvalue weighted by molar-refractivity contribution is 5.94. The van der Waals surface area contributed by atoms with E-state index in [4.69, 9.17) is 10.8 Å². The number of carbonyl (C=O) groups is 2. The van der Waals surface area contributed by atoms with Crippen molar-refractivity contribution in [1.82, 2.24) is 0 Å². The van der Waals surface area contributed by atoms with Crippen LogP contribution in [0, 0.1) is 0 Å². The smallest absolute Gasteiger partial charge is 0.303 e. The van der Waals surface area contributed by atoms with Crippen LogP contribution in [0.1, 0.15) is 33.1 Å². The molecule has 5 heteroatoms. The standard InChI is InChI=1S/C15H22N2O3/c1-15(2,16)11-13(18)17(10-6-9-14(19)20)12-7-4-3-5-8-12/h3-5,7-8H,6,9-11,16H2,1-2H3,(H,19,20). The zero-order chi connectivity index (χ0) is 15.2. The van der Waals surface area contributed by atoms with Gasteiger partial charge in [0.2, 0.25) is 5.91 Å². The number of hydrogen-bond acceptors (Lipinski definition) is 3. The first kappa shape index (κ1) is 16.2. The van der Waals surface area contributed by atoms with E-state index in [-0.39, 0.29) is 18.7 Å². The van der Waals surface area contributed by atoms with Crippen LogP contribution in [0.3, 0.4) is 0 Å². The van der Waals surface area contributed by atoms with Crippen molar-refractivity contribution in [3.63, 3.8) is 0 Å². The molecule has 0 saturated heterocycles. The summed E-state index contributed by atoms with van der Waals surface area (Å²) in [5.74, 6) is -0.946. The summed E-state index contributed by atoms with van der Waals surface area (Å²) in [5.41, 5.74) is 6.07. The first-order valence-electron chi connectivity index (χ1n) is 6.66. The number of amides is 1. The molecule has 0 bridgehead atoms. The molecule has 0 unspecified atom stereocenters. The predicted molar refractivity (Wildman–Crippen MR) is 78.5 cm³/mol. The Morgan fingerprint density at radius 1 is 1.25 bits per heavy atom. The highest BCUT2D eigenvalue weighted by Gasteiger charge is 2.22. The molecule has 110 valence electrons. The number of nitrogens with two attached hydrogens (primary N) is 1. The van der Waals surface area contributed by atoms with E-state index in [1.54, 1.807) is 18.7 Å². The van der Waals surface area contributed by atoms with Gasteiger partial charge < -0.3 is 15.7 Å². The molecule has 1 amide bonds. The Balaban J connectivity index is 2.79. The minimum Gasteiger partial charge on any atom is -0.481 e. The maximum Gasteiger partial charge on any atom is 0.303 e. The number of benzene rings is 1. The largest absolute Gasteiger partial charge is 0.481 e. The van der Waals surface area contributed by atoms with Crippen LogP contribution in [0.15, 0.2) is 30.3 Å². The normalized spacial score (nSPS) is 11.2. The molecule has 0 saturated carbocycles. The minimum absolute atomic E-state index is 0.0443. The molecule has 0 aliphatic carbocycles. The van der Waals surface area contributed by atoms with Gasteiger partial charge in [-0.25, -0.2) is 0 Å². The van der Waals surface area contributed by atoms with Crippen LogP contribution in [-0.4, -0.2) is 29.1 Å². The zero-order valence-corrected chi connectivity index (χ0v) is 12.0. The van der Waals surface area contributed by atoms with Crippen molar-refractivity contribution >= 4 is 17.6 Å². The van der Waals surface area contributed by atoms with Crippen LogP contribution in [0.5, 0.6) is 0 Å². The number of nitrogens with zero attached hydrogens (tertiary/aromatic N) is 1. The molecular weight excluding hydrogens is 256 g/mol. The number of aliphatic carboxylic acids is 1. The van der Waals surface area contributed by atoms with Gasteiger partial charge in [0, 0.05) is 30.6 Å². The lowest BCUT2D eigenvalue weighted by Crippen LogP contribution is -2.41. The summed E-state index contributed by atoms with van der Waals surface area (Å²) in [5, 5.41) is 8.70. The van der Waals surface area contributed by atoms with E-state index >= 15 is 0 Å². The molecule has 0 radical (unpaired) electrons. The summed E-state index contributed by atoms with van der Waals surface area (Å²) < 4.78 is 0. The van der Waals surface area contributed by atoms with E-state index in [0.717, 1.165) is 5.69 Å². The Morgan fingerprint density at radius 3 is 2.35 bits per heavy atom. The molecule has 0 aliphatic rings. The third-order valence-corrected chi connectivity index (χ3v) is 2.75. The van der Waals surface area contributed by atoms with Gasteiger partial charge >= 0.3 is 5.97 Å². The quantitative estimate of drug-likeness (QED) is 0.799. The second-order valence-electron chi connectivity index (χ2n) is 5.54. The van der Waals surface area contributed by atoms with Crippen molar-refractivity contribution < 1.29 is 14.7 Å². The van der Waals surface area contributed by atoms with Gasteiger partial charge in [-0.2, -0.15) is 0 Å². The number of carbonyl (C=O) groups excluding carboxylic acids is 1. The Kier molecular flexibility index (Phi) is 5.70. The topological polar surface area (TPSA) is 83.6 Å². The van der Waals surface area contributed by atoms with Crippen molar-refractivity contribution in [2.75, 3.05) is 11.4 Å². The monoisotopic (exact) mass is 278 g/mol. The van der Waals surface area contributed by atoms with E-state index in [1.165, 1.54) is 0 Å². The third-order valence-electron chi connectivity index (χ3n) is 2.75. The predicted octanol–water partition coefficient (Wildman–Crippen LogP) is 2.01. The van der Waals surface area contributed by atoms with E-state index in [0.29, 0.717) is 13.0 Å². The number of para-hydroxylation sites is 1. The second-order valence-corrected chi connectivity index (χ2v) is 5.54. The zero-order valence-electron chi connectivity index (χ0n) is 12.0. The highest BCUT2D eigenvalue weighted by Crippen LogP contribution is 2.17. The SMILES string of the molecule is CC(C)(N)CC(=O)N(CCCC(=O)O)c1ccccc1. The fourth-order valence-electron chi connectivity index (χ4n) is 1.88. The van der Waals surface area contributed by atoms with E-state index in [9.17, 15) is 9.59 Å². The van der Waals surface area contributed by atoms with Crippen LogP contribution >= 0.6 is 0 Å². The summed E-state index contributed by atoms with van der Waals surface area (Å²) in [6, 6.07) is 9.24. The number of carboxylic acid groups (broad SMARTS) is 1. The van der Waals surface area contributed by atoms with Gasteiger partial charge in [-0.15, -0.1) is 0 Å². The molecule has 3 N–H and O–H groups in total. The minimum atomic E-state index is -0.857. The molecule has 5 nitrogen and oxygen atoms in total. The molecule has 20 heavy (non-hydrogen) atoms. The average Bonchev–Trinajstić information content (AvgIpc) is 2.33. The number of hydrogen-bond donors (Lipinski definition) is 2. The number of carboxylic acids is 1. The van der Waals surface area contributed by atoms with Crippen LogP contribution in [0.4, 0.5) is 5.69 Å². The van der Waals surface area contributed by atoms with Crippen molar-refractivity contribution in [3.8, 4) is 0 Å². The lowest BCUT2D eigenvalue weighted by atomic mass is 10.0. The van der Waals surface area contributed by atoms with Gasteiger partial charge in [0.15, 0.2) is 0 Å². The molecule has 1 rings (SSSR count). The van der Waals surface area contributed by atoms with Crippen LogP contribution < -0.4 is 10.6 Å². The lowest BCUT2D eigenvalue weighted by Gasteiger charge is -2.26. The number of anilines is 1. The molecule has 1 aromatic rings. The first-order chi connectivity index (χ1) is 9.29. The number of rotatable bonds is 7. The molecule has 0 aromatic heterocycles. The van der Waals surface area contributed by atoms with Gasteiger partial charge in [-0.05, 0) is 32.4 Å². The summed E-state index contributed by atoms with van der Waals surface area (Å²) >= 11 is 0. The lowest BCUT2D eigenvalue weighted by molar-refractivity contribution is -0.137. The molecule has 0 atom stereocenters. The van der Waals surface area contributed by atoms with E-state index in [1.807, 2.05) is 30.3 Å². The average molecular weight is 278 g/mol. The molecule has 0 aliphatic heterocycles. The van der Waals surface area contributed by atoms with Crippen LogP contribution in [0.25, 0.3) is 0 Å². The molecular formula is C15H22N2O3. The van der Waals surface area contributed by atoms with Gasteiger partial charge in [-0.1, -0.05) is 18.2 Å². The second kappa shape index (κ2) is 7.05. The Hall–Kier alpha value is -1.88. The van der Waals surface area contributed by atoms with E-state index < -0.39 is 11.5 Å². The van der Waals surface area contributed by atoms with Gasteiger partial charge in [0.1, 0.15) is 0 Å². The Bertz CT molecular complexity index is 452. The Labute approximate surface area is 119 Å². The van der Waals surface area contributed by atoms with Crippen LogP contribution in [0.2, 0.25) is 0 Å². The van der Waals surface area contributed by atoms with Crippen molar-refractivity contribution in [3.05, 3.63) is 30.3 Å². The Morgan fingerprint density at radius 2 is 1.85 bits per heavy atom. The van der Waals surface area contributed by atoms with Gasteiger partial charge in [0.05, 0.1) is 0 Å². The summed E-state index contributed by atoms with van der Waals surface area (Å²) in [6.45, 7) is 3.97. The first-order valence-corrected chi connectivity index (χ1v) is 6.66. The summed E-state index contributed by atoms with van der Waals surface area (Å²) in [7, 11) is 0. The maximum absolute atomic E-state index is 12.3. The highest BCUT2D eigenvalue weighted by atomic mass is 16.4. The summed E-state index contributed by atoms with van der Waals surface area (Å²) in [6.07, 6.45) is 0.679. The molecule has 1 aromatic carbocycles. The van der Waals surface area contributed by atoms with Crippen molar-refractivity contribution in [1.29, 1.82) is 0 Å². The molecule has 0 fully saturated rings. The van der Waals surface area contributed by atoms with Crippen molar-refractivity contribution in [2.24, 2.45) is 5.73 Å². The van der Waals surface area contributed by atoms with Gasteiger partial charge in [-0.3, -0.25) is 9.59 Å². The molecule has 0 spiro atoms. The fraction of sp³-hybridized carbons (Fsp3) is 0.467. The molecule has 0 heterocycles. The fourth-order valence-corrected chi connectivity index (χ4v) is 1.88. The summed E-state index contributed by atoms with van der Waals surface area (Å²) in [4.78, 5) is 24.5. The van der Waals surface area contributed by atoms with Gasteiger partial charge in [0.25, 0.3) is 0 Å². The maximum atomic E-state index is 12.3. The third kappa shape index (κ3) is 5.84. The van der Waals surface area contributed by atoms with Crippen LogP contribution in [-0.2, 0) is 9.59 Å². The van der Waals surface area contributed by atoms with E-state index in [2.05, 4.69) is 0 Å². The van der Waals surface area contributed by atoms with Crippen molar-refractivity contribution in [2.45, 2.75) is 38.6 Å².